The molecular formula is C24H29BrN2O4S. The van der Waals surface area contributed by atoms with Gasteiger partial charge in [0.05, 0.1) is 22.2 Å². The molecule has 0 aromatic heterocycles. The molecule has 32 heavy (non-hydrogen) atoms. The summed E-state index contributed by atoms with van der Waals surface area (Å²) in [6.07, 6.45) is 7.64. The van der Waals surface area contributed by atoms with Gasteiger partial charge < -0.3 is 10.1 Å². The first-order valence-electron chi connectivity index (χ1n) is 10.7. The van der Waals surface area contributed by atoms with Gasteiger partial charge in [-0.3, -0.25) is 9.10 Å². The lowest BCUT2D eigenvalue weighted by Gasteiger charge is -2.24. The number of rotatable bonds is 9. The fraction of sp³-hybridized carbons (Fsp3) is 0.375. The van der Waals surface area contributed by atoms with E-state index in [-0.39, 0.29) is 17.3 Å². The summed E-state index contributed by atoms with van der Waals surface area (Å²) in [6, 6.07) is 11.6. The summed E-state index contributed by atoms with van der Waals surface area (Å²) < 4.78 is 33.9. The van der Waals surface area contributed by atoms with Crippen LogP contribution < -0.4 is 14.4 Å². The molecule has 1 aliphatic carbocycles. The number of methoxy groups -OCH3 is 1. The third-order valence-corrected chi connectivity index (χ3v) is 7.86. The number of hydrogen-bond donors (Lipinski definition) is 1. The lowest BCUT2D eigenvalue weighted by Crippen LogP contribution is -2.41. The van der Waals surface area contributed by atoms with E-state index in [1.807, 2.05) is 19.1 Å². The number of benzene rings is 2. The zero-order chi connectivity index (χ0) is 23.1. The van der Waals surface area contributed by atoms with Crippen molar-refractivity contribution in [1.29, 1.82) is 0 Å². The third kappa shape index (κ3) is 6.13. The van der Waals surface area contributed by atoms with Gasteiger partial charge in [-0.1, -0.05) is 29.3 Å². The number of aryl methyl sites for hydroxylation is 1. The smallest absolute Gasteiger partial charge is 0.264 e. The van der Waals surface area contributed by atoms with Gasteiger partial charge in [-0.25, -0.2) is 8.42 Å². The molecule has 172 valence electrons. The van der Waals surface area contributed by atoms with Gasteiger partial charge in [0.25, 0.3) is 10.0 Å². The Morgan fingerprint density at radius 2 is 1.91 bits per heavy atom. The highest BCUT2D eigenvalue weighted by Gasteiger charge is 2.28. The fourth-order valence-corrected chi connectivity index (χ4v) is 5.78. The van der Waals surface area contributed by atoms with Crippen LogP contribution in [0.1, 0.15) is 37.7 Å². The summed E-state index contributed by atoms with van der Waals surface area (Å²) >= 11 is 3.34. The van der Waals surface area contributed by atoms with Crippen LogP contribution >= 0.6 is 15.9 Å². The molecule has 0 aliphatic heterocycles. The zero-order valence-electron chi connectivity index (χ0n) is 18.4. The summed E-state index contributed by atoms with van der Waals surface area (Å²) in [5.41, 5.74) is 2.80. The monoisotopic (exact) mass is 520 g/mol. The van der Waals surface area contributed by atoms with Gasteiger partial charge in [0.15, 0.2) is 0 Å². The number of carbonyl (C=O) groups excluding carboxylic acids is 1. The number of allylic oxidation sites excluding steroid dienone is 1. The highest BCUT2D eigenvalue weighted by Crippen LogP contribution is 2.30. The van der Waals surface area contributed by atoms with E-state index in [9.17, 15) is 13.2 Å². The van der Waals surface area contributed by atoms with Gasteiger partial charge in [0.1, 0.15) is 12.3 Å². The number of carbonyl (C=O) groups is 1. The maximum absolute atomic E-state index is 13.5. The highest BCUT2D eigenvalue weighted by atomic mass is 79.9. The molecule has 0 atom stereocenters. The molecule has 0 bridgehead atoms. The van der Waals surface area contributed by atoms with Crippen LogP contribution in [-0.2, 0) is 14.8 Å². The van der Waals surface area contributed by atoms with Crippen LogP contribution in [0.3, 0.4) is 0 Å². The predicted octanol–water partition coefficient (Wildman–Crippen LogP) is 4.97. The second kappa shape index (κ2) is 11.0. The van der Waals surface area contributed by atoms with Crippen molar-refractivity contribution in [2.24, 2.45) is 0 Å². The molecule has 0 unspecified atom stereocenters. The molecule has 2 aromatic carbocycles. The van der Waals surface area contributed by atoms with Crippen LogP contribution in [0.5, 0.6) is 5.75 Å². The third-order valence-electron chi connectivity index (χ3n) is 5.47. The lowest BCUT2D eigenvalue weighted by atomic mass is 9.97. The number of ether oxygens (including phenoxy) is 1. The first kappa shape index (κ1) is 24.3. The summed E-state index contributed by atoms with van der Waals surface area (Å²) in [5, 5.41) is 2.88. The molecule has 1 amide bonds. The molecule has 0 saturated carbocycles. The lowest BCUT2D eigenvalue weighted by molar-refractivity contribution is -0.119. The summed E-state index contributed by atoms with van der Waals surface area (Å²) in [5.74, 6) is 0.193. The minimum Gasteiger partial charge on any atom is -0.496 e. The summed E-state index contributed by atoms with van der Waals surface area (Å²) in [4.78, 5) is 12.8. The molecule has 0 spiro atoms. The molecule has 1 aliphatic rings. The van der Waals surface area contributed by atoms with Gasteiger partial charge in [-0.15, -0.1) is 0 Å². The quantitative estimate of drug-likeness (QED) is 0.473. The highest BCUT2D eigenvalue weighted by molar-refractivity contribution is 9.10. The number of nitrogens with zero attached hydrogens (tertiary/aromatic N) is 1. The Morgan fingerprint density at radius 3 is 2.53 bits per heavy atom. The van der Waals surface area contributed by atoms with Crippen molar-refractivity contribution >= 4 is 37.5 Å². The van der Waals surface area contributed by atoms with Crippen LogP contribution in [0, 0.1) is 6.92 Å². The summed E-state index contributed by atoms with van der Waals surface area (Å²) in [7, 11) is -2.47. The first-order valence-corrected chi connectivity index (χ1v) is 12.9. The molecule has 6 nitrogen and oxygen atoms in total. The van der Waals surface area contributed by atoms with E-state index in [0.29, 0.717) is 22.5 Å². The Balaban J connectivity index is 1.80. The molecule has 8 heteroatoms. The Kier molecular flexibility index (Phi) is 8.37. The Bertz CT molecular complexity index is 1080. The van der Waals surface area contributed by atoms with Crippen molar-refractivity contribution in [3.8, 4) is 5.75 Å². The molecule has 0 radical (unpaired) electrons. The second-order valence-electron chi connectivity index (χ2n) is 7.85. The van der Waals surface area contributed by atoms with Crippen LogP contribution in [0.4, 0.5) is 5.69 Å². The summed E-state index contributed by atoms with van der Waals surface area (Å²) in [6.45, 7) is 2.13. The number of nitrogens with one attached hydrogen (secondary N) is 1. The minimum absolute atomic E-state index is 0.0749. The van der Waals surface area contributed by atoms with Crippen molar-refractivity contribution in [1.82, 2.24) is 5.32 Å². The molecule has 3 rings (SSSR count). The van der Waals surface area contributed by atoms with Crippen LogP contribution in [-0.4, -0.2) is 34.5 Å². The normalized spacial score (nSPS) is 13.9. The largest absolute Gasteiger partial charge is 0.496 e. The maximum Gasteiger partial charge on any atom is 0.264 e. The predicted molar refractivity (Wildman–Crippen MR) is 131 cm³/mol. The Morgan fingerprint density at radius 1 is 1.16 bits per heavy atom. The van der Waals surface area contributed by atoms with Crippen molar-refractivity contribution in [2.75, 3.05) is 24.5 Å². The molecule has 0 saturated heterocycles. The van der Waals surface area contributed by atoms with Crippen molar-refractivity contribution < 1.29 is 17.9 Å². The van der Waals surface area contributed by atoms with E-state index in [4.69, 9.17) is 4.74 Å². The molecule has 0 heterocycles. The van der Waals surface area contributed by atoms with Gasteiger partial charge in [0.2, 0.25) is 5.91 Å². The zero-order valence-corrected chi connectivity index (χ0v) is 20.8. The van der Waals surface area contributed by atoms with E-state index < -0.39 is 10.0 Å². The molecule has 2 aromatic rings. The SMILES string of the molecule is COc1ccc(S(=O)(=O)N(CC(=O)NCCC2=CCCCC2)c2ccc(C)cc2)cc1Br. The Hall–Kier alpha value is -2.32. The van der Waals surface area contributed by atoms with Crippen LogP contribution in [0.2, 0.25) is 0 Å². The molecule has 1 N–H and O–H groups in total. The van der Waals surface area contributed by atoms with E-state index in [1.165, 1.54) is 37.7 Å². The van der Waals surface area contributed by atoms with Gasteiger partial charge in [0, 0.05) is 6.54 Å². The van der Waals surface area contributed by atoms with Crippen LogP contribution in [0.15, 0.2) is 63.5 Å². The standard InChI is InChI=1S/C24H29BrN2O4S/c1-18-8-10-20(11-9-18)27(17-24(28)26-15-14-19-6-4-3-5-7-19)32(29,30)21-12-13-23(31-2)22(25)16-21/h6,8-13,16H,3-5,7,14-15,17H2,1-2H3,(H,26,28). The number of sulfonamides is 1. The number of hydrogen-bond acceptors (Lipinski definition) is 4. The molecular weight excluding hydrogens is 492 g/mol. The number of amides is 1. The minimum atomic E-state index is -3.98. The first-order chi connectivity index (χ1) is 15.3. The Labute approximate surface area is 198 Å². The topological polar surface area (TPSA) is 75.7 Å². The van der Waals surface area contributed by atoms with Crippen LogP contribution in [0.25, 0.3) is 0 Å². The average molecular weight is 521 g/mol. The number of halogens is 1. The van der Waals surface area contributed by atoms with Gasteiger partial charge >= 0.3 is 0 Å². The van der Waals surface area contributed by atoms with E-state index >= 15 is 0 Å². The number of anilines is 1. The maximum atomic E-state index is 13.5. The average Bonchev–Trinajstić information content (AvgIpc) is 2.79. The van der Waals surface area contributed by atoms with Crippen molar-refractivity contribution in [3.63, 3.8) is 0 Å². The van der Waals surface area contributed by atoms with Gasteiger partial charge in [-0.05, 0) is 85.3 Å². The van der Waals surface area contributed by atoms with Crippen molar-refractivity contribution in [3.05, 3.63) is 64.1 Å². The van der Waals surface area contributed by atoms with E-state index in [2.05, 4.69) is 27.3 Å². The second-order valence-corrected chi connectivity index (χ2v) is 10.6. The fourth-order valence-electron chi connectivity index (χ4n) is 3.64. The van der Waals surface area contributed by atoms with E-state index in [0.717, 1.165) is 29.1 Å². The van der Waals surface area contributed by atoms with Gasteiger partial charge in [-0.2, -0.15) is 0 Å². The van der Waals surface area contributed by atoms with Crippen molar-refractivity contribution in [2.45, 2.75) is 43.9 Å². The molecule has 0 fully saturated rings. The van der Waals surface area contributed by atoms with E-state index in [1.54, 1.807) is 18.2 Å².